The summed E-state index contributed by atoms with van der Waals surface area (Å²) in [4.78, 5) is 12.5. The number of aliphatic hydroxyl groups is 4. The van der Waals surface area contributed by atoms with Crippen LogP contribution in [-0.2, 0) is 4.79 Å². The summed E-state index contributed by atoms with van der Waals surface area (Å²) in [5.41, 5.74) is 0. The molecule has 0 rings (SSSR count). The molecule has 0 amide bonds. The standard InChI is InChI=1S/C16H36N.C11H23NO6/c1-5-9-13-17(14-10-6-2,15-11-7-3)16-12-8-4;1-7(2)10(11(17)18)12(3-8(15)5-13)4-9(16)6-14/h5-16H2,1-4H3;7-10,13-16H,3-6H2,1-2H3,(H,17,18)/q+1;. The number of carboxylic acid groups (broad SMARTS) is 1. The van der Waals surface area contributed by atoms with Crippen molar-refractivity contribution in [2.45, 2.75) is 111 Å². The number of hydrogen-bond acceptors (Lipinski definition) is 6. The van der Waals surface area contributed by atoms with E-state index in [4.69, 9.17) is 15.3 Å². The molecule has 0 aromatic rings. The van der Waals surface area contributed by atoms with Gasteiger partial charge in [-0.25, -0.2) is 0 Å². The van der Waals surface area contributed by atoms with Crippen LogP contribution >= 0.6 is 0 Å². The maximum absolute atomic E-state index is 11.2. The maximum atomic E-state index is 11.2. The number of rotatable bonds is 21. The number of unbranched alkanes of at least 4 members (excludes halogenated alkanes) is 4. The molecule has 0 spiro atoms. The first-order chi connectivity index (χ1) is 16.6. The minimum absolute atomic E-state index is 0.0806. The lowest BCUT2D eigenvalue weighted by molar-refractivity contribution is -0.929. The third kappa shape index (κ3) is 17.3. The average molecular weight is 508 g/mol. The first kappa shape index (κ1) is 36.4. The van der Waals surface area contributed by atoms with Crippen LogP contribution in [0.4, 0.5) is 0 Å². The van der Waals surface area contributed by atoms with E-state index in [1.165, 1.54) is 86.9 Å². The summed E-state index contributed by atoms with van der Waals surface area (Å²) < 4.78 is 1.42. The van der Waals surface area contributed by atoms with Crippen molar-refractivity contribution >= 4 is 5.97 Å². The van der Waals surface area contributed by atoms with Crippen molar-refractivity contribution in [3.63, 3.8) is 0 Å². The minimum atomic E-state index is -1.09. The lowest BCUT2D eigenvalue weighted by atomic mass is 10.0. The molecule has 8 heteroatoms. The zero-order valence-electron chi connectivity index (χ0n) is 23.7. The Morgan fingerprint density at radius 1 is 0.714 bits per heavy atom. The zero-order valence-corrected chi connectivity index (χ0v) is 23.7. The van der Waals surface area contributed by atoms with Crippen LogP contribution < -0.4 is 0 Å². The van der Waals surface area contributed by atoms with Crippen LogP contribution in [0.2, 0.25) is 0 Å². The Morgan fingerprint density at radius 2 is 1.03 bits per heavy atom. The molecule has 0 aliphatic heterocycles. The summed E-state index contributed by atoms with van der Waals surface area (Å²) in [6.45, 7) is 17.3. The summed E-state index contributed by atoms with van der Waals surface area (Å²) >= 11 is 0. The van der Waals surface area contributed by atoms with E-state index in [0.717, 1.165) is 0 Å². The number of carboxylic acids is 1. The third-order valence-corrected chi connectivity index (χ3v) is 6.53. The Hall–Kier alpha value is -0.770. The summed E-state index contributed by atoms with van der Waals surface area (Å²) in [5.74, 6) is -1.31. The van der Waals surface area contributed by atoms with Gasteiger partial charge in [-0.1, -0.05) is 67.2 Å². The normalized spacial score (nSPS) is 14.5. The molecule has 8 nitrogen and oxygen atoms in total. The van der Waals surface area contributed by atoms with E-state index >= 15 is 0 Å². The van der Waals surface area contributed by atoms with E-state index in [0.29, 0.717) is 0 Å². The first-order valence-corrected chi connectivity index (χ1v) is 14.0. The second-order valence-corrected chi connectivity index (χ2v) is 10.3. The van der Waals surface area contributed by atoms with E-state index in [-0.39, 0.29) is 19.0 Å². The van der Waals surface area contributed by atoms with Crippen LogP contribution in [-0.4, -0.2) is 112 Å². The molecule has 0 fully saturated rings. The number of quaternary nitrogens is 1. The summed E-state index contributed by atoms with van der Waals surface area (Å²) in [6, 6.07) is -0.896. The first-order valence-electron chi connectivity index (χ1n) is 14.0. The van der Waals surface area contributed by atoms with Gasteiger partial charge >= 0.3 is 5.97 Å². The van der Waals surface area contributed by atoms with E-state index in [1.807, 2.05) is 0 Å². The van der Waals surface area contributed by atoms with Crippen LogP contribution in [0.3, 0.4) is 0 Å². The second-order valence-electron chi connectivity index (χ2n) is 10.3. The molecule has 0 aliphatic carbocycles. The molecule has 35 heavy (non-hydrogen) atoms. The fourth-order valence-electron chi connectivity index (χ4n) is 4.47. The van der Waals surface area contributed by atoms with Gasteiger partial charge < -0.3 is 30.0 Å². The topological polar surface area (TPSA) is 121 Å². The maximum Gasteiger partial charge on any atom is 0.321 e. The van der Waals surface area contributed by atoms with Gasteiger partial charge in [-0.2, -0.15) is 0 Å². The van der Waals surface area contributed by atoms with Crippen molar-refractivity contribution < 1.29 is 34.8 Å². The predicted octanol–water partition coefficient (Wildman–Crippen LogP) is 3.11. The van der Waals surface area contributed by atoms with Crippen LogP contribution in [0.15, 0.2) is 0 Å². The molecule has 0 heterocycles. The molecular weight excluding hydrogens is 448 g/mol. The molecule has 0 radical (unpaired) electrons. The van der Waals surface area contributed by atoms with Crippen molar-refractivity contribution in [1.29, 1.82) is 0 Å². The van der Waals surface area contributed by atoms with Crippen LogP contribution in [0.5, 0.6) is 0 Å². The Balaban J connectivity index is 0. The second kappa shape index (κ2) is 22.4. The fraction of sp³-hybridized carbons (Fsp3) is 0.963. The zero-order chi connectivity index (χ0) is 27.3. The molecular formula is C27H59N2O6+. The van der Waals surface area contributed by atoms with E-state index < -0.39 is 37.4 Å². The van der Waals surface area contributed by atoms with Gasteiger partial charge in [-0.05, 0) is 31.6 Å². The van der Waals surface area contributed by atoms with E-state index in [1.54, 1.807) is 13.8 Å². The SMILES string of the molecule is CC(C)C(C(=O)O)N(CC(O)CO)CC(O)CO.CCCC[N+](CCCC)(CCCC)CCCC. The van der Waals surface area contributed by atoms with Crippen molar-refractivity contribution in [3.05, 3.63) is 0 Å². The molecule has 0 bridgehead atoms. The molecule has 212 valence electrons. The van der Waals surface area contributed by atoms with Crippen molar-refractivity contribution in [2.75, 3.05) is 52.5 Å². The van der Waals surface area contributed by atoms with Crippen molar-refractivity contribution in [2.24, 2.45) is 5.92 Å². The highest BCUT2D eigenvalue weighted by atomic mass is 16.4. The molecule has 5 N–H and O–H groups in total. The lowest BCUT2D eigenvalue weighted by Crippen LogP contribution is -2.51. The number of aliphatic carboxylic acids is 1. The lowest BCUT2D eigenvalue weighted by Gasteiger charge is -2.39. The number of carbonyl (C=O) groups is 1. The smallest absolute Gasteiger partial charge is 0.321 e. The molecule has 3 atom stereocenters. The van der Waals surface area contributed by atoms with Crippen molar-refractivity contribution in [3.8, 4) is 0 Å². The third-order valence-electron chi connectivity index (χ3n) is 6.53. The van der Waals surface area contributed by atoms with Crippen LogP contribution in [0, 0.1) is 5.92 Å². The molecule has 0 aromatic carbocycles. The van der Waals surface area contributed by atoms with Gasteiger partial charge in [0.2, 0.25) is 0 Å². The largest absolute Gasteiger partial charge is 0.480 e. The number of nitrogens with zero attached hydrogens (tertiary/aromatic N) is 2. The summed E-state index contributed by atoms with van der Waals surface area (Å²) in [5, 5.41) is 45.5. The Bertz CT molecular complexity index is 443. The highest BCUT2D eigenvalue weighted by Crippen LogP contribution is 2.16. The minimum Gasteiger partial charge on any atom is -0.480 e. The summed E-state index contributed by atoms with van der Waals surface area (Å²) in [6.07, 6.45) is 8.89. The monoisotopic (exact) mass is 507 g/mol. The molecule has 0 saturated heterocycles. The van der Waals surface area contributed by atoms with E-state index in [2.05, 4.69) is 27.7 Å². The van der Waals surface area contributed by atoms with E-state index in [9.17, 15) is 15.0 Å². The van der Waals surface area contributed by atoms with Gasteiger partial charge in [-0.15, -0.1) is 0 Å². The quantitative estimate of drug-likeness (QED) is 0.151. The van der Waals surface area contributed by atoms with Gasteiger partial charge in [-0.3, -0.25) is 9.69 Å². The molecule has 0 aliphatic rings. The Morgan fingerprint density at radius 3 is 1.23 bits per heavy atom. The van der Waals surface area contributed by atoms with Crippen LogP contribution in [0.1, 0.15) is 92.9 Å². The highest BCUT2D eigenvalue weighted by Gasteiger charge is 2.31. The summed E-state index contributed by atoms with van der Waals surface area (Å²) in [7, 11) is 0. The van der Waals surface area contributed by atoms with Gasteiger partial charge in [0.25, 0.3) is 0 Å². The van der Waals surface area contributed by atoms with Gasteiger partial charge in [0.15, 0.2) is 0 Å². The van der Waals surface area contributed by atoms with Crippen molar-refractivity contribution in [1.82, 2.24) is 4.90 Å². The number of aliphatic hydroxyl groups excluding tert-OH is 4. The predicted molar refractivity (Wildman–Crippen MR) is 143 cm³/mol. The Kier molecular flexibility index (Phi) is 23.3. The molecule has 0 aromatic heterocycles. The highest BCUT2D eigenvalue weighted by molar-refractivity contribution is 5.73. The van der Waals surface area contributed by atoms with Gasteiger partial charge in [0.05, 0.1) is 51.6 Å². The van der Waals surface area contributed by atoms with Gasteiger partial charge in [0.1, 0.15) is 6.04 Å². The fourth-order valence-corrected chi connectivity index (χ4v) is 4.47. The average Bonchev–Trinajstić information content (AvgIpc) is 2.82. The molecule has 3 unspecified atom stereocenters. The molecule has 0 saturated carbocycles. The number of hydrogen-bond donors (Lipinski definition) is 5. The van der Waals surface area contributed by atoms with Crippen LogP contribution in [0.25, 0.3) is 0 Å². The Labute approximate surface area is 215 Å². The van der Waals surface area contributed by atoms with Gasteiger partial charge in [0, 0.05) is 13.1 Å².